The standard InChI is InChI=1S/C18H16BrNO4/c1-12(10-20)24-18(21)14-8-15(19)17(16(9-14)22-2)23-11-13-6-4-3-5-7-13/h3-9,12H,11H2,1-2H3/t12-/m1/s1. The zero-order valence-corrected chi connectivity index (χ0v) is 14.9. The maximum Gasteiger partial charge on any atom is 0.339 e. The predicted octanol–water partition coefficient (Wildman–Crippen LogP) is 4.11. The number of carbonyl (C=O) groups excluding carboxylic acids is 1. The van der Waals surface area contributed by atoms with Crippen molar-refractivity contribution in [3.63, 3.8) is 0 Å². The Labute approximate surface area is 148 Å². The molecule has 0 aliphatic rings. The number of esters is 1. The first-order chi connectivity index (χ1) is 11.5. The zero-order chi connectivity index (χ0) is 17.5. The Morgan fingerprint density at radius 1 is 1.29 bits per heavy atom. The molecular formula is C18H16BrNO4. The maximum absolute atomic E-state index is 12.0. The molecule has 0 heterocycles. The third-order valence-corrected chi connectivity index (χ3v) is 3.75. The molecule has 0 saturated heterocycles. The van der Waals surface area contributed by atoms with E-state index in [-0.39, 0.29) is 5.56 Å². The van der Waals surface area contributed by atoms with Gasteiger partial charge in [0, 0.05) is 0 Å². The van der Waals surface area contributed by atoms with E-state index in [1.54, 1.807) is 6.07 Å². The fourth-order valence-electron chi connectivity index (χ4n) is 1.96. The number of ether oxygens (including phenoxy) is 3. The summed E-state index contributed by atoms with van der Waals surface area (Å²) in [7, 11) is 1.49. The molecule has 5 nitrogen and oxygen atoms in total. The Bertz CT molecular complexity index is 756. The van der Waals surface area contributed by atoms with Gasteiger partial charge in [0.15, 0.2) is 17.6 Å². The van der Waals surface area contributed by atoms with Crippen molar-refractivity contribution in [3.8, 4) is 17.6 Å². The second-order valence-electron chi connectivity index (χ2n) is 4.94. The number of hydrogen-bond acceptors (Lipinski definition) is 5. The Balaban J connectivity index is 2.21. The lowest BCUT2D eigenvalue weighted by Gasteiger charge is -2.14. The molecule has 0 aliphatic carbocycles. The SMILES string of the molecule is COc1cc(C(=O)O[C@H](C)C#N)cc(Br)c1OCc1ccccc1. The van der Waals surface area contributed by atoms with Crippen LogP contribution in [0.3, 0.4) is 0 Å². The van der Waals surface area contributed by atoms with E-state index in [4.69, 9.17) is 19.5 Å². The van der Waals surface area contributed by atoms with Crippen molar-refractivity contribution < 1.29 is 19.0 Å². The van der Waals surface area contributed by atoms with Crippen LogP contribution >= 0.6 is 15.9 Å². The van der Waals surface area contributed by atoms with Gasteiger partial charge in [-0.25, -0.2) is 4.79 Å². The molecule has 6 heteroatoms. The van der Waals surface area contributed by atoms with Gasteiger partial charge in [0.05, 0.1) is 17.1 Å². The first-order valence-corrected chi connectivity index (χ1v) is 7.99. The van der Waals surface area contributed by atoms with E-state index in [1.165, 1.54) is 20.1 Å². The van der Waals surface area contributed by atoms with Gasteiger partial charge < -0.3 is 14.2 Å². The summed E-state index contributed by atoms with van der Waals surface area (Å²) in [6.07, 6.45) is -0.823. The molecular weight excluding hydrogens is 374 g/mol. The topological polar surface area (TPSA) is 68.5 Å². The number of halogens is 1. The lowest BCUT2D eigenvalue weighted by Crippen LogP contribution is -2.13. The fourth-order valence-corrected chi connectivity index (χ4v) is 2.52. The summed E-state index contributed by atoms with van der Waals surface area (Å²) in [4.78, 5) is 12.0. The molecule has 0 N–H and O–H groups in total. The highest BCUT2D eigenvalue weighted by Crippen LogP contribution is 2.37. The molecule has 2 aromatic rings. The van der Waals surface area contributed by atoms with Crippen molar-refractivity contribution in [1.29, 1.82) is 5.26 Å². The van der Waals surface area contributed by atoms with Gasteiger partial charge in [0.1, 0.15) is 12.7 Å². The van der Waals surface area contributed by atoms with Crippen LogP contribution in [0.1, 0.15) is 22.8 Å². The van der Waals surface area contributed by atoms with Crippen molar-refractivity contribution in [2.24, 2.45) is 0 Å². The monoisotopic (exact) mass is 389 g/mol. The number of hydrogen-bond donors (Lipinski definition) is 0. The molecule has 0 spiro atoms. The molecule has 2 aromatic carbocycles. The highest BCUT2D eigenvalue weighted by Gasteiger charge is 2.18. The highest BCUT2D eigenvalue weighted by molar-refractivity contribution is 9.10. The van der Waals surface area contributed by atoms with Crippen LogP contribution in [0.4, 0.5) is 0 Å². The minimum atomic E-state index is -0.823. The van der Waals surface area contributed by atoms with Crippen molar-refractivity contribution in [2.45, 2.75) is 19.6 Å². The summed E-state index contributed by atoms with van der Waals surface area (Å²) in [6, 6.07) is 14.7. The smallest absolute Gasteiger partial charge is 0.339 e. The van der Waals surface area contributed by atoms with Crippen LogP contribution in [-0.4, -0.2) is 19.2 Å². The van der Waals surface area contributed by atoms with Gasteiger partial charge in [0.25, 0.3) is 0 Å². The first kappa shape index (κ1) is 17.8. The van der Waals surface area contributed by atoms with Gasteiger partial charge in [-0.1, -0.05) is 30.3 Å². The quantitative estimate of drug-likeness (QED) is 0.695. The molecule has 24 heavy (non-hydrogen) atoms. The average molecular weight is 390 g/mol. The van der Waals surface area contributed by atoms with Crippen LogP contribution in [-0.2, 0) is 11.3 Å². The molecule has 1 atom stereocenters. The lowest BCUT2D eigenvalue weighted by atomic mass is 10.2. The minimum Gasteiger partial charge on any atom is -0.493 e. The lowest BCUT2D eigenvalue weighted by molar-refractivity contribution is 0.0435. The van der Waals surface area contributed by atoms with Gasteiger partial charge in [-0.2, -0.15) is 5.26 Å². The number of methoxy groups -OCH3 is 1. The average Bonchev–Trinajstić information content (AvgIpc) is 2.60. The minimum absolute atomic E-state index is 0.271. The second kappa shape index (κ2) is 8.37. The number of nitrogens with zero attached hydrogens (tertiary/aromatic N) is 1. The Morgan fingerprint density at radius 3 is 2.62 bits per heavy atom. The van der Waals surface area contributed by atoms with E-state index in [2.05, 4.69) is 15.9 Å². The van der Waals surface area contributed by atoms with E-state index >= 15 is 0 Å². The summed E-state index contributed by atoms with van der Waals surface area (Å²) in [6.45, 7) is 1.87. The molecule has 0 bridgehead atoms. The Kier molecular flexibility index (Phi) is 6.21. The Hall–Kier alpha value is -2.52. The van der Waals surface area contributed by atoms with Crippen molar-refractivity contribution in [1.82, 2.24) is 0 Å². The summed E-state index contributed by atoms with van der Waals surface area (Å²) < 4.78 is 16.7. The maximum atomic E-state index is 12.0. The molecule has 124 valence electrons. The molecule has 2 rings (SSSR count). The van der Waals surface area contributed by atoms with Gasteiger partial charge in [-0.15, -0.1) is 0 Å². The fraction of sp³-hybridized carbons (Fsp3) is 0.222. The molecule has 0 aromatic heterocycles. The summed E-state index contributed by atoms with van der Waals surface area (Å²) in [5, 5.41) is 8.73. The van der Waals surface area contributed by atoms with Crippen LogP contribution in [0.2, 0.25) is 0 Å². The van der Waals surface area contributed by atoms with Crippen molar-refractivity contribution >= 4 is 21.9 Å². The van der Waals surface area contributed by atoms with Crippen LogP contribution < -0.4 is 9.47 Å². The normalized spacial score (nSPS) is 11.2. The van der Waals surface area contributed by atoms with Gasteiger partial charge in [0.2, 0.25) is 0 Å². The van der Waals surface area contributed by atoms with E-state index in [9.17, 15) is 4.79 Å². The number of benzene rings is 2. The van der Waals surface area contributed by atoms with E-state index in [1.807, 2.05) is 36.4 Å². The summed E-state index contributed by atoms with van der Waals surface area (Å²) in [5.74, 6) is 0.292. The number of nitriles is 1. The van der Waals surface area contributed by atoms with Gasteiger partial charge in [-0.05, 0) is 40.5 Å². The third kappa shape index (κ3) is 4.49. The summed E-state index contributed by atoms with van der Waals surface area (Å²) >= 11 is 3.39. The van der Waals surface area contributed by atoms with Gasteiger partial charge >= 0.3 is 5.97 Å². The van der Waals surface area contributed by atoms with Crippen LogP contribution in [0.25, 0.3) is 0 Å². The highest BCUT2D eigenvalue weighted by atomic mass is 79.9. The first-order valence-electron chi connectivity index (χ1n) is 7.20. The summed E-state index contributed by atoms with van der Waals surface area (Å²) in [5.41, 5.74) is 1.28. The predicted molar refractivity (Wildman–Crippen MR) is 92.0 cm³/mol. The molecule has 0 aliphatic heterocycles. The zero-order valence-electron chi connectivity index (χ0n) is 13.3. The van der Waals surface area contributed by atoms with E-state index in [0.29, 0.717) is 22.6 Å². The largest absolute Gasteiger partial charge is 0.493 e. The van der Waals surface area contributed by atoms with Gasteiger partial charge in [-0.3, -0.25) is 0 Å². The van der Waals surface area contributed by atoms with Crippen molar-refractivity contribution in [2.75, 3.05) is 7.11 Å². The molecule has 0 amide bonds. The van der Waals surface area contributed by atoms with E-state index in [0.717, 1.165) is 5.56 Å². The molecule has 0 fully saturated rings. The second-order valence-corrected chi connectivity index (χ2v) is 5.79. The van der Waals surface area contributed by atoms with Crippen molar-refractivity contribution in [3.05, 3.63) is 58.1 Å². The number of carbonyl (C=O) groups is 1. The third-order valence-electron chi connectivity index (χ3n) is 3.16. The Morgan fingerprint density at radius 2 is 2.00 bits per heavy atom. The molecule has 0 radical (unpaired) electrons. The van der Waals surface area contributed by atoms with Crippen LogP contribution in [0, 0.1) is 11.3 Å². The molecule has 0 unspecified atom stereocenters. The van der Waals surface area contributed by atoms with Crippen LogP contribution in [0.15, 0.2) is 46.9 Å². The molecule has 0 saturated carbocycles. The van der Waals surface area contributed by atoms with E-state index < -0.39 is 12.1 Å². The number of rotatable bonds is 6. The van der Waals surface area contributed by atoms with Crippen LogP contribution in [0.5, 0.6) is 11.5 Å².